The second kappa shape index (κ2) is 4.24. The average Bonchev–Trinajstić information content (AvgIpc) is 2.09. The summed E-state index contributed by atoms with van der Waals surface area (Å²) < 4.78 is 0.664. The van der Waals surface area contributed by atoms with E-state index in [0.717, 1.165) is 16.5 Å². The standard InChI is InChI=1S/C9H8Br2O2/c1-5-6(4-10)2-3-7(8(5)11)9(12)13/h2-3H,4H2,1H3,(H,12,13). The molecule has 1 N–H and O–H groups in total. The maximum absolute atomic E-state index is 10.7. The van der Waals surface area contributed by atoms with E-state index in [1.165, 1.54) is 0 Å². The fraction of sp³-hybridized carbons (Fsp3) is 0.222. The van der Waals surface area contributed by atoms with Gasteiger partial charge in [0.15, 0.2) is 0 Å². The van der Waals surface area contributed by atoms with Crippen LogP contribution in [0.1, 0.15) is 21.5 Å². The molecule has 13 heavy (non-hydrogen) atoms. The Hall–Kier alpha value is -0.350. The summed E-state index contributed by atoms with van der Waals surface area (Å²) in [4.78, 5) is 10.7. The maximum Gasteiger partial charge on any atom is 0.336 e. The van der Waals surface area contributed by atoms with Crippen LogP contribution >= 0.6 is 31.9 Å². The molecule has 0 atom stereocenters. The number of hydrogen-bond donors (Lipinski definition) is 1. The summed E-state index contributed by atoms with van der Waals surface area (Å²) in [5.41, 5.74) is 2.37. The smallest absolute Gasteiger partial charge is 0.336 e. The highest BCUT2D eigenvalue weighted by atomic mass is 79.9. The Kier molecular flexibility index (Phi) is 3.50. The van der Waals surface area contributed by atoms with E-state index in [1.807, 2.05) is 13.0 Å². The molecule has 0 unspecified atom stereocenters. The summed E-state index contributed by atoms with van der Waals surface area (Å²) in [5, 5.41) is 9.55. The molecule has 2 nitrogen and oxygen atoms in total. The van der Waals surface area contributed by atoms with Crippen LogP contribution in [0.15, 0.2) is 16.6 Å². The molecule has 0 aromatic heterocycles. The topological polar surface area (TPSA) is 37.3 Å². The predicted molar refractivity (Wildman–Crippen MR) is 58.5 cm³/mol. The van der Waals surface area contributed by atoms with Crippen LogP contribution in [0, 0.1) is 6.92 Å². The fourth-order valence-electron chi connectivity index (χ4n) is 1.03. The van der Waals surface area contributed by atoms with E-state index in [4.69, 9.17) is 5.11 Å². The zero-order chi connectivity index (χ0) is 10.0. The van der Waals surface area contributed by atoms with Gasteiger partial charge >= 0.3 is 5.97 Å². The summed E-state index contributed by atoms with van der Waals surface area (Å²) in [6.45, 7) is 1.90. The summed E-state index contributed by atoms with van der Waals surface area (Å²) in [5.74, 6) is -0.906. The van der Waals surface area contributed by atoms with Crippen LogP contribution in [0.4, 0.5) is 0 Å². The SMILES string of the molecule is Cc1c(CBr)ccc(C(=O)O)c1Br. The van der Waals surface area contributed by atoms with Gasteiger partial charge < -0.3 is 5.11 Å². The molecule has 0 bridgehead atoms. The molecular formula is C9H8Br2O2. The van der Waals surface area contributed by atoms with Crippen molar-refractivity contribution in [1.29, 1.82) is 0 Å². The number of rotatable bonds is 2. The van der Waals surface area contributed by atoms with Gasteiger partial charge in [-0.15, -0.1) is 0 Å². The van der Waals surface area contributed by atoms with E-state index in [2.05, 4.69) is 31.9 Å². The summed E-state index contributed by atoms with van der Waals surface area (Å²) in [6.07, 6.45) is 0. The van der Waals surface area contributed by atoms with E-state index in [0.29, 0.717) is 10.0 Å². The lowest BCUT2D eigenvalue weighted by Gasteiger charge is -2.07. The van der Waals surface area contributed by atoms with Gasteiger partial charge in [-0.05, 0) is 40.0 Å². The van der Waals surface area contributed by atoms with E-state index >= 15 is 0 Å². The predicted octanol–water partition coefficient (Wildman–Crippen LogP) is 3.35. The van der Waals surface area contributed by atoms with Gasteiger partial charge in [0.25, 0.3) is 0 Å². The monoisotopic (exact) mass is 306 g/mol. The highest BCUT2D eigenvalue weighted by molar-refractivity contribution is 9.10. The van der Waals surface area contributed by atoms with Crippen LogP contribution in [0.25, 0.3) is 0 Å². The van der Waals surface area contributed by atoms with E-state index in [9.17, 15) is 4.79 Å². The Balaban J connectivity index is 3.31. The Morgan fingerprint density at radius 3 is 2.62 bits per heavy atom. The van der Waals surface area contributed by atoms with Crippen molar-refractivity contribution in [3.63, 3.8) is 0 Å². The normalized spacial score (nSPS) is 10.1. The first-order chi connectivity index (χ1) is 6.07. The van der Waals surface area contributed by atoms with Crippen LogP contribution in [0.3, 0.4) is 0 Å². The van der Waals surface area contributed by atoms with E-state index in [-0.39, 0.29) is 0 Å². The lowest BCUT2D eigenvalue weighted by Crippen LogP contribution is -2.00. The first-order valence-electron chi connectivity index (χ1n) is 3.65. The Bertz CT molecular complexity index is 348. The molecule has 1 aromatic rings. The third-order valence-corrected chi connectivity index (χ3v) is 3.50. The molecule has 1 aromatic carbocycles. The van der Waals surface area contributed by atoms with Crippen molar-refractivity contribution in [3.8, 4) is 0 Å². The van der Waals surface area contributed by atoms with Gasteiger partial charge in [0.05, 0.1) is 5.56 Å². The summed E-state index contributed by atoms with van der Waals surface area (Å²) >= 11 is 6.61. The van der Waals surface area contributed by atoms with Gasteiger partial charge in [0.2, 0.25) is 0 Å². The van der Waals surface area contributed by atoms with Crippen molar-refractivity contribution < 1.29 is 9.90 Å². The molecule has 4 heteroatoms. The number of alkyl halides is 1. The molecule has 0 spiro atoms. The maximum atomic E-state index is 10.7. The number of halogens is 2. The first-order valence-corrected chi connectivity index (χ1v) is 5.56. The number of aromatic carboxylic acids is 1. The van der Waals surface area contributed by atoms with Crippen molar-refractivity contribution in [1.82, 2.24) is 0 Å². The van der Waals surface area contributed by atoms with Gasteiger partial charge in [-0.25, -0.2) is 4.79 Å². The van der Waals surface area contributed by atoms with Gasteiger partial charge in [0, 0.05) is 9.80 Å². The quantitative estimate of drug-likeness (QED) is 0.851. The zero-order valence-corrected chi connectivity index (χ0v) is 10.1. The molecule has 0 amide bonds. The van der Waals surface area contributed by atoms with Crippen LogP contribution in [0.5, 0.6) is 0 Å². The molecule has 0 fully saturated rings. The Labute approximate surface area is 93.2 Å². The van der Waals surface area contributed by atoms with Crippen molar-refractivity contribution in [2.75, 3.05) is 0 Å². The fourth-order valence-corrected chi connectivity index (χ4v) is 2.20. The molecule has 0 aliphatic carbocycles. The molecule has 0 heterocycles. The van der Waals surface area contributed by atoms with Crippen molar-refractivity contribution >= 4 is 37.8 Å². The lowest BCUT2D eigenvalue weighted by atomic mass is 10.1. The van der Waals surface area contributed by atoms with E-state index in [1.54, 1.807) is 6.07 Å². The first kappa shape index (κ1) is 10.7. The number of benzene rings is 1. The summed E-state index contributed by atoms with van der Waals surface area (Å²) in [6, 6.07) is 3.42. The minimum atomic E-state index is -0.906. The van der Waals surface area contributed by atoms with Gasteiger partial charge in [-0.2, -0.15) is 0 Å². The molecule has 0 aliphatic rings. The van der Waals surface area contributed by atoms with E-state index < -0.39 is 5.97 Å². The molecule has 0 radical (unpaired) electrons. The van der Waals surface area contributed by atoms with Crippen LogP contribution in [-0.2, 0) is 5.33 Å². The second-order valence-electron chi connectivity index (χ2n) is 2.65. The van der Waals surface area contributed by atoms with Gasteiger partial charge in [0.1, 0.15) is 0 Å². The minimum Gasteiger partial charge on any atom is -0.478 e. The highest BCUT2D eigenvalue weighted by Gasteiger charge is 2.11. The molecule has 0 saturated heterocycles. The third-order valence-electron chi connectivity index (χ3n) is 1.87. The highest BCUT2D eigenvalue weighted by Crippen LogP contribution is 2.25. The van der Waals surface area contributed by atoms with Crippen molar-refractivity contribution in [2.24, 2.45) is 0 Å². The van der Waals surface area contributed by atoms with Crippen LogP contribution in [-0.4, -0.2) is 11.1 Å². The number of hydrogen-bond acceptors (Lipinski definition) is 1. The Morgan fingerprint density at radius 2 is 2.15 bits per heavy atom. The van der Waals surface area contributed by atoms with Gasteiger partial charge in [-0.1, -0.05) is 22.0 Å². The Morgan fingerprint density at radius 1 is 1.54 bits per heavy atom. The largest absolute Gasteiger partial charge is 0.478 e. The summed E-state index contributed by atoms with van der Waals surface area (Å²) in [7, 11) is 0. The van der Waals surface area contributed by atoms with Gasteiger partial charge in [-0.3, -0.25) is 0 Å². The molecule has 1 rings (SSSR count). The lowest BCUT2D eigenvalue weighted by molar-refractivity contribution is 0.0696. The molecule has 0 aliphatic heterocycles. The molecule has 70 valence electrons. The third kappa shape index (κ3) is 2.11. The zero-order valence-electron chi connectivity index (χ0n) is 6.97. The van der Waals surface area contributed by atoms with Crippen molar-refractivity contribution in [2.45, 2.75) is 12.3 Å². The number of carboxylic acids is 1. The molecule has 0 saturated carbocycles. The minimum absolute atomic E-state index is 0.308. The average molecular weight is 308 g/mol. The number of carbonyl (C=O) groups is 1. The van der Waals surface area contributed by atoms with Crippen molar-refractivity contribution in [3.05, 3.63) is 33.3 Å². The number of carboxylic acid groups (broad SMARTS) is 1. The second-order valence-corrected chi connectivity index (χ2v) is 4.00. The van der Waals surface area contributed by atoms with Crippen LogP contribution in [0.2, 0.25) is 0 Å². The van der Waals surface area contributed by atoms with Crippen LogP contribution < -0.4 is 0 Å². The molecular weight excluding hydrogens is 300 g/mol.